The third kappa shape index (κ3) is 3.70. The largest absolute Gasteiger partial charge is 0.416 e. The van der Waals surface area contributed by atoms with Crippen LogP contribution in [-0.2, 0) is 16.0 Å². The Morgan fingerprint density at radius 1 is 0.885 bits per heavy atom. The lowest BCUT2D eigenvalue weighted by Crippen LogP contribution is -2.07. The molecule has 26 heavy (non-hydrogen) atoms. The van der Waals surface area contributed by atoms with Crippen molar-refractivity contribution < 1.29 is 21.6 Å². The molecule has 0 aromatic heterocycles. The molecule has 0 N–H and O–H groups in total. The Labute approximate surface area is 151 Å². The molecule has 1 aliphatic carbocycles. The summed E-state index contributed by atoms with van der Waals surface area (Å²) in [5, 5.41) is 0. The molecule has 2 aromatic rings. The second-order valence-electron chi connectivity index (χ2n) is 6.63. The summed E-state index contributed by atoms with van der Waals surface area (Å²) in [5.74, 6) is 0. The first-order chi connectivity index (χ1) is 12.1. The van der Waals surface area contributed by atoms with Crippen LogP contribution in [0.3, 0.4) is 0 Å². The maximum atomic E-state index is 13.0. The smallest absolute Gasteiger partial charge is 0.224 e. The van der Waals surface area contributed by atoms with Crippen molar-refractivity contribution in [2.24, 2.45) is 0 Å². The first kappa shape index (κ1) is 18.7. The van der Waals surface area contributed by atoms with Gasteiger partial charge in [-0.2, -0.15) is 13.2 Å². The zero-order chi connectivity index (χ0) is 19.1. The van der Waals surface area contributed by atoms with Crippen LogP contribution in [0.5, 0.6) is 0 Å². The van der Waals surface area contributed by atoms with Crippen LogP contribution in [0.25, 0.3) is 11.1 Å². The lowest BCUT2D eigenvalue weighted by Gasteiger charge is -2.14. The van der Waals surface area contributed by atoms with Gasteiger partial charge in [-0.05, 0) is 72.2 Å². The molecule has 0 fully saturated rings. The van der Waals surface area contributed by atoms with E-state index in [4.69, 9.17) is 0 Å². The van der Waals surface area contributed by atoms with Crippen molar-refractivity contribution in [2.45, 2.75) is 37.3 Å². The highest BCUT2D eigenvalue weighted by atomic mass is 32.2. The minimum Gasteiger partial charge on any atom is -0.224 e. The number of allylic oxidation sites excluding steroid dienone is 2. The number of hydrogen-bond acceptors (Lipinski definition) is 2. The summed E-state index contributed by atoms with van der Waals surface area (Å²) in [7, 11) is -3.26. The number of benzene rings is 2. The van der Waals surface area contributed by atoms with E-state index in [1.165, 1.54) is 13.0 Å². The molecule has 6 heteroatoms. The molecule has 0 radical (unpaired) electrons. The van der Waals surface area contributed by atoms with Crippen LogP contribution < -0.4 is 0 Å². The van der Waals surface area contributed by atoms with Crippen molar-refractivity contribution >= 4 is 21.0 Å². The quantitative estimate of drug-likeness (QED) is 0.703. The summed E-state index contributed by atoms with van der Waals surface area (Å²) in [5.41, 5.74) is 3.43. The van der Waals surface area contributed by atoms with Crippen molar-refractivity contribution in [1.82, 2.24) is 0 Å². The van der Waals surface area contributed by atoms with Crippen LogP contribution in [-0.4, -0.2) is 14.7 Å². The van der Waals surface area contributed by atoms with Crippen molar-refractivity contribution in [2.75, 3.05) is 6.26 Å². The van der Waals surface area contributed by atoms with Crippen LogP contribution in [0.4, 0.5) is 13.2 Å². The van der Waals surface area contributed by atoms with E-state index in [2.05, 4.69) is 0 Å². The van der Waals surface area contributed by atoms with Gasteiger partial charge in [0.15, 0.2) is 9.84 Å². The maximum Gasteiger partial charge on any atom is 0.416 e. The Morgan fingerprint density at radius 3 is 1.92 bits per heavy atom. The van der Waals surface area contributed by atoms with E-state index in [0.29, 0.717) is 0 Å². The molecule has 0 atom stereocenters. The third-order valence-corrected chi connectivity index (χ3v) is 5.86. The topological polar surface area (TPSA) is 34.1 Å². The lowest BCUT2D eigenvalue weighted by molar-refractivity contribution is -0.138. The Morgan fingerprint density at radius 2 is 1.42 bits per heavy atom. The van der Waals surface area contributed by atoms with E-state index in [0.717, 1.165) is 53.9 Å². The van der Waals surface area contributed by atoms with Gasteiger partial charge in [0.2, 0.25) is 0 Å². The average Bonchev–Trinajstić information content (AvgIpc) is 3.02. The minimum absolute atomic E-state index is 0.209. The maximum absolute atomic E-state index is 13.0. The standard InChI is InChI=1S/C20H19F3O2S/c1-13-12-15(8-11-19(13)20(21,22)23)18-5-3-4-17(18)14-6-9-16(10-7-14)26(2,24)25/h6-12H,3-5H2,1-2H3. The molecule has 2 nitrogen and oxygen atoms in total. The van der Waals surface area contributed by atoms with Crippen LogP contribution >= 0.6 is 0 Å². The molecule has 0 unspecified atom stereocenters. The van der Waals surface area contributed by atoms with Gasteiger partial charge in [-0.1, -0.05) is 24.3 Å². The van der Waals surface area contributed by atoms with E-state index in [9.17, 15) is 21.6 Å². The number of rotatable bonds is 3. The highest BCUT2D eigenvalue weighted by molar-refractivity contribution is 7.90. The monoisotopic (exact) mass is 380 g/mol. The lowest BCUT2D eigenvalue weighted by atomic mass is 9.94. The van der Waals surface area contributed by atoms with Gasteiger partial charge < -0.3 is 0 Å². The zero-order valence-electron chi connectivity index (χ0n) is 14.5. The van der Waals surface area contributed by atoms with Crippen LogP contribution in [0.15, 0.2) is 47.4 Å². The fraction of sp³-hybridized carbons (Fsp3) is 0.300. The molecule has 0 heterocycles. The summed E-state index contributed by atoms with van der Waals surface area (Å²) in [4.78, 5) is 0.256. The number of hydrogen-bond donors (Lipinski definition) is 0. The fourth-order valence-electron chi connectivity index (χ4n) is 3.45. The molecule has 0 amide bonds. The van der Waals surface area contributed by atoms with E-state index >= 15 is 0 Å². The number of alkyl halides is 3. The predicted molar refractivity (Wildman–Crippen MR) is 96.4 cm³/mol. The predicted octanol–water partition coefficient (Wildman–Crippen LogP) is 5.51. The highest BCUT2D eigenvalue weighted by Crippen LogP contribution is 2.41. The van der Waals surface area contributed by atoms with Gasteiger partial charge in [0.05, 0.1) is 10.5 Å². The molecular weight excluding hydrogens is 361 g/mol. The first-order valence-corrected chi connectivity index (χ1v) is 10.2. The van der Waals surface area contributed by atoms with Crippen molar-refractivity contribution in [1.29, 1.82) is 0 Å². The molecule has 0 saturated heterocycles. The van der Waals surface area contributed by atoms with Crippen LogP contribution in [0, 0.1) is 6.92 Å². The number of halogens is 3. The molecule has 3 rings (SSSR count). The van der Waals surface area contributed by atoms with Gasteiger partial charge in [0.1, 0.15) is 0 Å². The molecule has 0 saturated carbocycles. The molecule has 0 bridgehead atoms. The summed E-state index contributed by atoms with van der Waals surface area (Å²) in [6.07, 6.45) is -0.635. The van der Waals surface area contributed by atoms with E-state index in [-0.39, 0.29) is 10.5 Å². The Hall–Kier alpha value is -2.08. The second kappa shape index (κ2) is 6.58. The number of sulfone groups is 1. The Bertz CT molecular complexity index is 969. The van der Waals surface area contributed by atoms with Gasteiger partial charge in [-0.15, -0.1) is 0 Å². The number of aryl methyl sites for hydroxylation is 1. The van der Waals surface area contributed by atoms with E-state index in [1.54, 1.807) is 30.3 Å². The van der Waals surface area contributed by atoms with Gasteiger partial charge >= 0.3 is 6.18 Å². The zero-order valence-corrected chi connectivity index (χ0v) is 15.3. The summed E-state index contributed by atoms with van der Waals surface area (Å²) >= 11 is 0. The Balaban J connectivity index is 2.02. The summed E-state index contributed by atoms with van der Waals surface area (Å²) in [6.45, 7) is 1.47. The molecule has 1 aliphatic rings. The van der Waals surface area contributed by atoms with Gasteiger partial charge in [0, 0.05) is 6.26 Å². The molecule has 0 spiro atoms. The van der Waals surface area contributed by atoms with Crippen LogP contribution in [0.2, 0.25) is 0 Å². The molecule has 0 aliphatic heterocycles. The van der Waals surface area contributed by atoms with Crippen molar-refractivity contribution in [3.63, 3.8) is 0 Å². The van der Waals surface area contributed by atoms with E-state index in [1.807, 2.05) is 0 Å². The SMILES string of the molecule is Cc1cc(C2=C(c3ccc(S(C)(=O)=O)cc3)CCC2)ccc1C(F)(F)F. The third-order valence-electron chi connectivity index (χ3n) is 4.73. The molecular formula is C20H19F3O2S. The van der Waals surface area contributed by atoms with Crippen LogP contribution in [0.1, 0.15) is 41.5 Å². The second-order valence-corrected chi connectivity index (χ2v) is 8.65. The summed E-state index contributed by atoms with van der Waals surface area (Å²) < 4.78 is 62.1. The van der Waals surface area contributed by atoms with Gasteiger partial charge in [-0.25, -0.2) is 8.42 Å². The summed E-state index contributed by atoms with van der Waals surface area (Å²) in [6, 6.07) is 11.0. The highest BCUT2D eigenvalue weighted by Gasteiger charge is 2.32. The molecule has 138 valence electrons. The van der Waals surface area contributed by atoms with E-state index < -0.39 is 21.6 Å². The minimum atomic E-state index is -4.35. The Kier molecular flexibility index (Phi) is 4.73. The van der Waals surface area contributed by atoms with Crippen molar-refractivity contribution in [3.8, 4) is 0 Å². The first-order valence-electron chi connectivity index (χ1n) is 8.28. The normalized spacial score (nSPS) is 15.6. The van der Waals surface area contributed by atoms with Crippen molar-refractivity contribution in [3.05, 3.63) is 64.7 Å². The van der Waals surface area contributed by atoms with Gasteiger partial charge in [0.25, 0.3) is 0 Å². The molecule has 2 aromatic carbocycles. The van der Waals surface area contributed by atoms with Gasteiger partial charge in [-0.3, -0.25) is 0 Å². The average molecular weight is 380 g/mol. The fourth-order valence-corrected chi connectivity index (χ4v) is 4.08.